The van der Waals surface area contributed by atoms with Crippen molar-refractivity contribution in [1.82, 2.24) is 15.3 Å². The van der Waals surface area contributed by atoms with E-state index in [1.165, 1.54) is 30.1 Å². The van der Waals surface area contributed by atoms with Crippen molar-refractivity contribution in [3.8, 4) is 0 Å². The molecule has 1 aromatic rings. The highest BCUT2D eigenvalue weighted by molar-refractivity contribution is 5.16. The zero-order chi connectivity index (χ0) is 9.97. The smallest absolute Gasteiger partial charge is 0.111 e. The molecule has 1 aliphatic heterocycles. The van der Waals surface area contributed by atoms with Gasteiger partial charge >= 0.3 is 0 Å². The average Bonchev–Trinajstić information content (AvgIpc) is 2.76. The first-order chi connectivity index (χ1) is 6.81. The molecular formula is C11H19N3. The minimum atomic E-state index is 0.610. The summed E-state index contributed by atoms with van der Waals surface area (Å²) in [4.78, 5) is 8.11. The van der Waals surface area contributed by atoms with Gasteiger partial charge in [0, 0.05) is 18.2 Å². The summed E-state index contributed by atoms with van der Waals surface area (Å²) in [5.41, 5.74) is 2.52. The summed E-state index contributed by atoms with van der Waals surface area (Å²) in [6.07, 6.45) is 3.50. The van der Waals surface area contributed by atoms with Crippen molar-refractivity contribution in [3.63, 3.8) is 0 Å². The first-order valence-corrected chi connectivity index (χ1v) is 5.57. The number of rotatable bonds is 3. The molecule has 0 saturated carbocycles. The maximum absolute atomic E-state index is 4.69. The minimum Gasteiger partial charge on any atom is -0.346 e. The third-order valence-corrected chi connectivity index (χ3v) is 2.94. The van der Waals surface area contributed by atoms with Crippen molar-refractivity contribution < 1.29 is 0 Å². The fourth-order valence-electron chi connectivity index (χ4n) is 2.08. The summed E-state index contributed by atoms with van der Waals surface area (Å²) in [5.74, 6) is 1.80. The summed E-state index contributed by atoms with van der Waals surface area (Å²) in [5, 5.41) is 3.37. The van der Waals surface area contributed by atoms with Crippen LogP contribution < -0.4 is 5.32 Å². The lowest BCUT2D eigenvalue weighted by atomic mass is 10.1. The molecule has 0 amide bonds. The molecule has 2 N–H and O–H groups in total. The zero-order valence-corrected chi connectivity index (χ0v) is 9.06. The number of H-pyrrole nitrogens is 1. The Morgan fingerprint density at radius 2 is 2.36 bits per heavy atom. The van der Waals surface area contributed by atoms with Gasteiger partial charge in [-0.1, -0.05) is 13.3 Å². The molecule has 1 unspecified atom stereocenters. The Bertz CT molecular complexity index is 297. The molecule has 2 rings (SSSR count). The Morgan fingerprint density at radius 1 is 1.50 bits per heavy atom. The molecule has 1 aliphatic rings. The number of aryl methyl sites for hydroxylation is 2. The Morgan fingerprint density at radius 3 is 3.00 bits per heavy atom. The fraction of sp³-hybridized carbons (Fsp3) is 0.727. The third-order valence-electron chi connectivity index (χ3n) is 2.94. The molecule has 3 heteroatoms. The van der Waals surface area contributed by atoms with Gasteiger partial charge in [-0.25, -0.2) is 4.98 Å². The Kier molecular flexibility index (Phi) is 2.87. The predicted molar refractivity (Wildman–Crippen MR) is 57.5 cm³/mol. The largest absolute Gasteiger partial charge is 0.346 e. The van der Waals surface area contributed by atoms with Gasteiger partial charge in [0.1, 0.15) is 5.82 Å². The number of nitrogens with one attached hydrogen (secondary N) is 2. The van der Waals surface area contributed by atoms with Gasteiger partial charge in [0.25, 0.3) is 0 Å². The summed E-state index contributed by atoms with van der Waals surface area (Å²) in [7, 11) is 0. The topological polar surface area (TPSA) is 40.7 Å². The number of nitrogens with zero attached hydrogens (tertiary/aromatic N) is 1. The van der Waals surface area contributed by atoms with Crippen LogP contribution >= 0.6 is 0 Å². The van der Waals surface area contributed by atoms with Crippen LogP contribution in [0, 0.1) is 6.92 Å². The number of hydrogen-bond acceptors (Lipinski definition) is 2. The highest BCUT2D eigenvalue weighted by Crippen LogP contribution is 2.21. The van der Waals surface area contributed by atoms with Gasteiger partial charge in [0.2, 0.25) is 0 Å². The number of hydrogen-bond donors (Lipinski definition) is 2. The lowest BCUT2D eigenvalue weighted by Crippen LogP contribution is -2.08. The van der Waals surface area contributed by atoms with Crippen LogP contribution in [-0.2, 0) is 6.42 Å². The second-order valence-electron chi connectivity index (χ2n) is 4.13. The van der Waals surface area contributed by atoms with E-state index in [0.29, 0.717) is 5.92 Å². The van der Waals surface area contributed by atoms with Crippen LogP contribution in [0.1, 0.15) is 42.9 Å². The highest BCUT2D eigenvalue weighted by atomic mass is 15.0. The van der Waals surface area contributed by atoms with Crippen LogP contribution in [0.5, 0.6) is 0 Å². The summed E-state index contributed by atoms with van der Waals surface area (Å²) in [6.45, 7) is 6.54. The van der Waals surface area contributed by atoms with E-state index in [4.69, 9.17) is 0 Å². The van der Waals surface area contributed by atoms with Crippen LogP contribution in [0.2, 0.25) is 0 Å². The van der Waals surface area contributed by atoms with Gasteiger partial charge < -0.3 is 10.3 Å². The molecule has 1 atom stereocenters. The number of aromatic nitrogens is 2. The van der Waals surface area contributed by atoms with Crippen molar-refractivity contribution in [2.75, 3.05) is 13.1 Å². The summed E-state index contributed by atoms with van der Waals surface area (Å²) < 4.78 is 0. The van der Waals surface area contributed by atoms with E-state index in [1.807, 2.05) is 0 Å². The van der Waals surface area contributed by atoms with Gasteiger partial charge in [-0.15, -0.1) is 0 Å². The number of imidazole rings is 1. The maximum Gasteiger partial charge on any atom is 0.111 e. The van der Waals surface area contributed by atoms with Gasteiger partial charge in [-0.05, 0) is 26.3 Å². The number of aromatic amines is 1. The SMILES string of the molecule is CCCc1nc(C2CCNC2)[nH]c1C. The molecule has 0 aromatic carbocycles. The van der Waals surface area contributed by atoms with Crippen molar-refractivity contribution >= 4 is 0 Å². The van der Waals surface area contributed by atoms with Crippen LogP contribution in [0.4, 0.5) is 0 Å². The van der Waals surface area contributed by atoms with Crippen LogP contribution in [0.3, 0.4) is 0 Å². The third kappa shape index (κ3) is 1.82. The lowest BCUT2D eigenvalue weighted by Gasteiger charge is -2.02. The lowest BCUT2D eigenvalue weighted by molar-refractivity contribution is 0.709. The average molecular weight is 193 g/mol. The Balaban J connectivity index is 2.14. The van der Waals surface area contributed by atoms with Gasteiger partial charge in [-0.3, -0.25) is 0 Å². The van der Waals surface area contributed by atoms with Crippen molar-refractivity contribution in [2.45, 2.75) is 39.0 Å². The van der Waals surface area contributed by atoms with Crippen LogP contribution in [0.15, 0.2) is 0 Å². The van der Waals surface area contributed by atoms with E-state index in [-0.39, 0.29) is 0 Å². The Hall–Kier alpha value is -0.830. The minimum absolute atomic E-state index is 0.610. The molecule has 0 bridgehead atoms. The Labute approximate surface area is 85.3 Å². The highest BCUT2D eigenvalue weighted by Gasteiger charge is 2.20. The normalized spacial score (nSPS) is 21.7. The standard InChI is InChI=1S/C11H19N3/c1-3-4-10-8(2)13-11(14-10)9-5-6-12-7-9/h9,12H,3-7H2,1-2H3,(H,13,14). The molecule has 1 saturated heterocycles. The van der Waals surface area contributed by atoms with E-state index in [2.05, 4.69) is 29.1 Å². The molecule has 0 spiro atoms. The summed E-state index contributed by atoms with van der Waals surface area (Å²) in [6, 6.07) is 0. The second-order valence-corrected chi connectivity index (χ2v) is 4.13. The van der Waals surface area contributed by atoms with Crippen molar-refractivity contribution in [2.24, 2.45) is 0 Å². The van der Waals surface area contributed by atoms with E-state index in [9.17, 15) is 0 Å². The molecule has 78 valence electrons. The molecular weight excluding hydrogens is 174 g/mol. The molecule has 2 heterocycles. The van der Waals surface area contributed by atoms with E-state index < -0.39 is 0 Å². The van der Waals surface area contributed by atoms with Crippen LogP contribution in [-0.4, -0.2) is 23.1 Å². The monoisotopic (exact) mass is 193 g/mol. The van der Waals surface area contributed by atoms with Crippen LogP contribution in [0.25, 0.3) is 0 Å². The molecule has 1 aromatic heterocycles. The second kappa shape index (κ2) is 4.13. The van der Waals surface area contributed by atoms with Crippen molar-refractivity contribution in [1.29, 1.82) is 0 Å². The first kappa shape index (κ1) is 9.71. The summed E-state index contributed by atoms with van der Waals surface area (Å²) >= 11 is 0. The van der Waals surface area contributed by atoms with E-state index in [0.717, 1.165) is 19.5 Å². The quantitative estimate of drug-likeness (QED) is 0.767. The maximum atomic E-state index is 4.69. The zero-order valence-electron chi connectivity index (χ0n) is 9.06. The predicted octanol–water partition coefficient (Wildman–Crippen LogP) is 1.75. The van der Waals surface area contributed by atoms with Crippen molar-refractivity contribution in [3.05, 3.63) is 17.2 Å². The van der Waals surface area contributed by atoms with E-state index >= 15 is 0 Å². The molecule has 0 aliphatic carbocycles. The molecule has 14 heavy (non-hydrogen) atoms. The fourth-order valence-corrected chi connectivity index (χ4v) is 2.08. The molecule has 0 radical (unpaired) electrons. The van der Waals surface area contributed by atoms with Gasteiger partial charge in [0.15, 0.2) is 0 Å². The van der Waals surface area contributed by atoms with Gasteiger partial charge in [-0.2, -0.15) is 0 Å². The van der Waals surface area contributed by atoms with E-state index in [1.54, 1.807) is 0 Å². The molecule has 1 fully saturated rings. The van der Waals surface area contributed by atoms with Gasteiger partial charge in [0.05, 0.1) is 5.69 Å². The molecule has 3 nitrogen and oxygen atoms in total. The first-order valence-electron chi connectivity index (χ1n) is 5.57.